The molecule has 1 saturated heterocycles. The molecular weight excluding hydrogens is 236 g/mol. The molecule has 1 N–H and O–H groups in total. The lowest BCUT2D eigenvalue weighted by atomic mass is 9.91. The first kappa shape index (κ1) is 11.9. The lowest BCUT2D eigenvalue weighted by Gasteiger charge is -2.24. The molecule has 0 unspecified atom stereocenters. The first-order valence-corrected chi connectivity index (χ1v) is 7.71. The Balaban J connectivity index is 1.45. The summed E-state index contributed by atoms with van der Waals surface area (Å²) in [5.74, 6) is 0.740. The van der Waals surface area contributed by atoms with E-state index in [1.165, 1.54) is 55.3 Å². The molecule has 4 rings (SSSR count). The Labute approximate surface area is 114 Å². The number of pyridine rings is 1. The zero-order valence-electron chi connectivity index (χ0n) is 11.4. The van der Waals surface area contributed by atoms with Crippen molar-refractivity contribution in [3.63, 3.8) is 0 Å². The van der Waals surface area contributed by atoms with Crippen molar-refractivity contribution in [1.82, 2.24) is 10.3 Å². The summed E-state index contributed by atoms with van der Waals surface area (Å²) in [6, 6.07) is 2.91. The number of ether oxygens (including phenoxy) is 1. The molecule has 1 aromatic rings. The van der Waals surface area contributed by atoms with Gasteiger partial charge in [-0.15, -0.1) is 0 Å². The molecule has 1 aromatic heterocycles. The fourth-order valence-electron chi connectivity index (χ4n) is 4.04. The Hall–Kier alpha value is -0.930. The van der Waals surface area contributed by atoms with Gasteiger partial charge in [-0.2, -0.15) is 0 Å². The molecule has 2 heterocycles. The fraction of sp³-hybridized carbons (Fsp3) is 0.688. The quantitative estimate of drug-likeness (QED) is 0.902. The molecule has 3 nitrogen and oxygen atoms in total. The molecule has 2 bridgehead atoms. The number of hydrogen-bond donors (Lipinski definition) is 1. The summed E-state index contributed by atoms with van der Waals surface area (Å²) in [5, 5.41) is 3.54. The maximum absolute atomic E-state index is 6.19. The highest BCUT2D eigenvalue weighted by atomic mass is 16.5. The van der Waals surface area contributed by atoms with Crippen LogP contribution in [0.15, 0.2) is 12.3 Å². The van der Waals surface area contributed by atoms with Crippen molar-refractivity contribution in [2.24, 2.45) is 5.92 Å². The summed E-state index contributed by atoms with van der Waals surface area (Å²) >= 11 is 0. The van der Waals surface area contributed by atoms with Crippen LogP contribution in [0.1, 0.15) is 42.5 Å². The van der Waals surface area contributed by atoms with Crippen molar-refractivity contribution in [3.8, 4) is 0 Å². The van der Waals surface area contributed by atoms with Crippen LogP contribution in [0.25, 0.3) is 0 Å². The Morgan fingerprint density at radius 1 is 1.26 bits per heavy atom. The maximum Gasteiger partial charge on any atom is 0.0894 e. The van der Waals surface area contributed by atoms with Crippen molar-refractivity contribution in [1.29, 1.82) is 0 Å². The minimum absolute atomic E-state index is 0.465. The van der Waals surface area contributed by atoms with E-state index in [0.717, 1.165) is 19.1 Å². The van der Waals surface area contributed by atoms with Gasteiger partial charge in [0.2, 0.25) is 0 Å². The molecule has 2 fully saturated rings. The molecule has 0 spiro atoms. The van der Waals surface area contributed by atoms with Gasteiger partial charge in [0, 0.05) is 18.8 Å². The largest absolute Gasteiger partial charge is 0.372 e. The van der Waals surface area contributed by atoms with Gasteiger partial charge in [-0.05, 0) is 61.6 Å². The standard InChI is InChI=1S/C16H22N2O/c1-2-4-14-11(3-1)5-6-17-15(14)10-19-16-8-13-7-12(16)9-18-13/h5-6,12-13,16,18H,1-4,7-10H2/t12-,13-,16+/m1/s1. The smallest absolute Gasteiger partial charge is 0.0894 e. The third-order valence-electron chi connectivity index (χ3n) is 5.10. The zero-order chi connectivity index (χ0) is 12.7. The number of piperidine rings is 1. The van der Waals surface area contributed by atoms with Crippen molar-refractivity contribution in [2.45, 2.75) is 57.3 Å². The van der Waals surface area contributed by atoms with E-state index in [-0.39, 0.29) is 0 Å². The highest BCUT2D eigenvalue weighted by Crippen LogP contribution is 2.34. The first-order chi connectivity index (χ1) is 9.40. The van der Waals surface area contributed by atoms with E-state index in [1.807, 2.05) is 6.20 Å². The van der Waals surface area contributed by atoms with Crippen LogP contribution in [0.3, 0.4) is 0 Å². The minimum atomic E-state index is 0.465. The first-order valence-electron chi connectivity index (χ1n) is 7.71. The summed E-state index contributed by atoms with van der Waals surface area (Å²) < 4.78 is 6.19. The fourth-order valence-corrected chi connectivity index (χ4v) is 4.04. The van der Waals surface area contributed by atoms with E-state index in [0.29, 0.717) is 12.1 Å². The molecule has 1 aliphatic heterocycles. The van der Waals surface area contributed by atoms with Gasteiger partial charge in [0.05, 0.1) is 18.4 Å². The van der Waals surface area contributed by atoms with Gasteiger partial charge >= 0.3 is 0 Å². The molecular formula is C16H22N2O. The molecule has 0 aromatic carbocycles. The molecule has 1 saturated carbocycles. The van der Waals surface area contributed by atoms with Crippen LogP contribution >= 0.6 is 0 Å². The second kappa shape index (κ2) is 4.88. The van der Waals surface area contributed by atoms with Crippen LogP contribution in [-0.4, -0.2) is 23.7 Å². The van der Waals surface area contributed by atoms with Crippen LogP contribution in [0.5, 0.6) is 0 Å². The van der Waals surface area contributed by atoms with Crippen LogP contribution in [0.4, 0.5) is 0 Å². The van der Waals surface area contributed by atoms with E-state index < -0.39 is 0 Å². The number of nitrogens with zero attached hydrogens (tertiary/aromatic N) is 1. The summed E-state index contributed by atoms with van der Waals surface area (Å²) in [5.41, 5.74) is 4.19. The van der Waals surface area contributed by atoms with E-state index in [4.69, 9.17) is 4.74 Å². The lowest BCUT2D eigenvalue weighted by molar-refractivity contribution is 0.00760. The van der Waals surface area contributed by atoms with Gasteiger partial charge in [0.25, 0.3) is 0 Å². The molecule has 0 radical (unpaired) electrons. The maximum atomic E-state index is 6.19. The minimum Gasteiger partial charge on any atom is -0.372 e. The van der Waals surface area contributed by atoms with Crippen LogP contribution in [0.2, 0.25) is 0 Å². The third kappa shape index (κ3) is 2.19. The Morgan fingerprint density at radius 2 is 2.21 bits per heavy atom. The van der Waals surface area contributed by atoms with Crippen molar-refractivity contribution < 1.29 is 4.74 Å². The number of nitrogens with one attached hydrogen (secondary N) is 1. The number of aryl methyl sites for hydroxylation is 1. The van der Waals surface area contributed by atoms with Gasteiger partial charge in [-0.1, -0.05) is 0 Å². The normalized spacial score (nSPS) is 32.5. The average Bonchev–Trinajstić information content (AvgIpc) is 3.07. The molecule has 3 aliphatic rings. The predicted octanol–water partition coefficient (Wildman–Crippen LogP) is 2.23. The number of fused-ring (bicyclic) bond motifs is 3. The van der Waals surface area contributed by atoms with Crippen LogP contribution < -0.4 is 5.32 Å². The monoisotopic (exact) mass is 258 g/mol. The highest BCUT2D eigenvalue weighted by molar-refractivity contribution is 5.31. The van der Waals surface area contributed by atoms with Crippen molar-refractivity contribution in [2.75, 3.05) is 6.54 Å². The molecule has 3 heteroatoms. The average molecular weight is 258 g/mol. The Bertz CT molecular complexity index is 474. The van der Waals surface area contributed by atoms with Crippen LogP contribution in [-0.2, 0) is 24.2 Å². The molecule has 102 valence electrons. The highest BCUT2D eigenvalue weighted by Gasteiger charge is 2.40. The molecule has 0 amide bonds. The van der Waals surface area contributed by atoms with Gasteiger partial charge in [0.1, 0.15) is 0 Å². The van der Waals surface area contributed by atoms with Crippen LogP contribution in [0, 0.1) is 5.92 Å². The molecule has 2 aliphatic carbocycles. The Morgan fingerprint density at radius 3 is 3.05 bits per heavy atom. The van der Waals surface area contributed by atoms with E-state index >= 15 is 0 Å². The van der Waals surface area contributed by atoms with E-state index in [9.17, 15) is 0 Å². The summed E-state index contributed by atoms with van der Waals surface area (Å²) in [7, 11) is 0. The number of aromatic nitrogens is 1. The molecule has 3 atom stereocenters. The zero-order valence-corrected chi connectivity index (χ0v) is 11.4. The van der Waals surface area contributed by atoms with Crippen molar-refractivity contribution >= 4 is 0 Å². The van der Waals surface area contributed by atoms with Gasteiger partial charge in [-0.3, -0.25) is 4.98 Å². The second-order valence-electron chi connectivity index (χ2n) is 6.29. The third-order valence-corrected chi connectivity index (χ3v) is 5.10. The van der Waals surface area contributed by atoms with E-state index in [1.54, 1.807) is 0 Å². The predicted molar refractivity (Wildman–Crippen MR) is 74.0 cm³/mol. The second-order valence-corrected chi connectivity index (χ2v) is 6.29. The van der Waals surface area contributed by atoms with Crippen molar-refractivity contribution in [3.05, 3.63) is 29.1 Å². The van der Waals surface area contributed by atoms with Gasteiger partial charge in [0.15, 0.2) is 0 Å². The van der Waals surface area contributed by atoms with Gasteiger partial charge < -0.3 is 10.1 Å². The summed E-state index contributed by atoms with van der Waals surface area (Å²) in [4.78, 5) is 4.57. The van der Waals surface area contributed by atoms with E-state index in [2.05, 4.69) is 16.4 Å². The summed E-state index contributed by atoms with van der Waals surface area (Å²) in [6.45, 7) is 1.87. The number of rotatable bonds is 3. The Kier molecular flexibility index (Phi) is 3.04. The topological polar surface area (TPSA) is 34.1 Å². The SMILES string of the molecule is c1cc2c(c(CO[C@H]3C[C@H]4C[C@@H]3CN4)n1)CCCC2. The number of hydrogen-bond acceptors (Lipinski definition) is 3. The van der Waals surface area contributed by atoms with Gasteiger partial charge in [-0.25, -0.2) is 0 Å². The summed E-state index contributed by atoms with van der Waals surface area (Å²) in [6.07, 6.45) is 9.99. The lowest BCUT2D eigenvalue weighted by Crippen LogP contribution is -2.34. The molecule has 19 heavy (non-hydrogen) atoms.